The molecule has 1 unspecified atom stereocenters. The molecule has 1 atom stereocenters. The van der Waals surface area contributed by atoms with E-state index >= 15 is 0 Å². The molecule has 0 fully saturated rings. The van der Waals surface area contributed by atoms with Crippen LogP contribution >= 0.6 is 0 Å². The molecule has 0 spiro atoms. The van der Waals surface area contributed by atoms with E-state index in [1.165, 1.54) is 0 Å². The van der Waals surface area contributed by atoms with Gasteiger partial charge in [-0.05, 0) is 13.0 Å². The van der Waals surface area contributed by atoms with E-state index in [1.54, 1.807) is 18.1 Å². The summed E-state index contributed by atoms with van der Waals surface area (Å²) in [4.78, 5) is 17.0. The Labute approximate surface area is 106 Å². The molecule has 0 aliphatic carbocycles. The molecule has 4 heteroatoms. The molecular weight excluding hydrogens is 226 g/mol. The number of para-hydroxylation sites is 1. The summed E-state index contributed by atoms with van der Waals surface area (Å²) in [6.07, 6.45) is 2.06. The normalized spacial score (nSPS) is 12.1. The number of hydrogen-bond acceptors (Lipinski definition) is 2. The molecule has 0 aliphatic rings. The molecular formula is C14H15N3O. The molecule has 1 heterocycles. The first-order valence-corrected chi connectivity index (χ1v) is 5.85. The number of carbonyl (C=O) groups excluding carboxylic acids is 1. The van der Waals surface area contributed by atoms with Crippen molar-refractivity contribution in [2.24, 2.45) is 0 Å². The van der Waals surface area contributed by atoms with Gasteiger partial charge in [0.15, 0.2) is 0 Å². The zero-order valence-corrected chi connectivity index (χ0v) is 10.5. The maximum absolute atomic E-state index is 12.3. The van der Waals surface area contributed by atoms with E-state index in [1.807, 2.05) is 31.2 Å². The van der Waals surface area contributed by atoms with Crippen LogP contribution in [-0.4, -0.2) is 28.9 Å². The van der Waals surface area contributed by atoms with Crippen molar-refractivity contribution < 1.29 is 4.79 Å². The number of benzene rings is 1. The van der Waals surface area contributed by atoms with Crippen LogP contribution in [0.25, 0.3) is 10.9 Å². The number of H-pyrrole nitrogens is 1. The van der Waals surface area contributed by atoms with E-state index in [0.29, 0.717) is 12.0 Å². The van der Waals surface area contributed by atoms with Crippen molar-refractivity contribution in [1.29, 1.82) is 5.26 Å². The summed E-state index contributed by atoms with van der Waals surface area (Å²) in [5.74, 6) is -0.0600. The highest BCUT2D eigenvalue weighted by atomic mass is 16.2. The lowest BCUT2D eigenvalue weighted by Gasteiger charge is -2.22. The average Bonchev–Trinajstić information content (AvgIpc) is 2.81. The highest BCUT2D eigenvalue weighted by Crippen LogP contribution is 2.19. The lowest BCUT2D eigenvalue weighted by atomic mass is 10.1. The molecule has 0 bridgehead atoms. The maximum atomic E-state index is 12.3. The monoisotopic (exact) mass is 241 g/mol. The van der Waals surface area contributed by atoms with E-state index in [2.05, 4.69) is 11.1 Å². The molecule has 0 saturated heterocycles. The lowest BCUT2D eigenvalue weighted by molar-refractivity contribution is 0.0748. The third-order valence-corrected chi connectivity index (χ3v) is 3.19. The molecule has 4 nitrogen and oxygen atoms in total. The van der Waals surface area contributed by atoms with Crippen molar-refractivity contribution in [1.82, 2.24) is 9.88 Å². The Kier molecular flexibility index (Phi) is 3.33. The summed E-state index contributed by atoms with van der Waals surface area (Å²) in [5.41, 5.74) is 1.60. The maximum Gasteiger partial charge on any atom is 0.256 e. The molecule has 1 aromatic heterocycles. The summed E-state index contributed by atoms with van der Waals surface area (Å²) >= 11 is 0. The largest absolute Gasteiger partial charge is 0.360 e. The predicted octanol–water partition coefficient (Wildman–Crippen LogP) is 2.54. The zero-order valence-electron chi connectivity index (χ0n) is 10.5. The minimum Gasteiger partial charge on any atom is -0.360 e. The highest BCUT2D eigenvalue weighted by molar-refractivity contribution is 6.06. The van der Waals surface area contributed by atoms with Crippen molar-refractivity contribution in [3.8, 4) is 6.07 Å². The van der Waals surface area contributed by atoms with Gasteiger partial charge in [-0.25, -0.2) is 0 Å². The second-order valence-corrected chi connectivity index (χ2v) is 4.38. The number of amides is 1. The Morgan fingerprint density at radius 1 is 1.50 bits per heavy atom. The third kappa shape index (κ3) is 2.07. The van der Waals surface area contributed by atoms with E-state index in [0.717, 1.165) is 10.9 Å². The molecule has 2 rings (SSSR count). The molecule has 2 aromatic rings. The van der Waals surface area contributed by atoms with Crippen molar-refractivity contribution in [2.45, 2.75) is 19.4 Å². The van der Waals surface area contributed by atoms with Gasteiger partial charge < -0.3 is 9.88 Å². The molecule has 1 aromatic carbocycles. The fourth-order valence-electron chi connectivity index (χ4n) is 1.91. The molecule has 1 amide bonds. The van der Waals surface area contributed by atoms with Crippen LogP contribution in [0.15, 0.2) is 30.5 Å². The van der Waals surface area contributed by atoms with Gasteiger partial charge in [-0.3, -0.25) is 4.79 Å². The smallest absolute Gasteiger partial charge is 0.256 e. The summed E-state index contributed by atoms with van der Waals surface area (Å²) < 4.78 is 0. The first-order valence-electron chi connectivity index (χ1n) is 5.85. The van der Waals surface area contributed by atoms with E-state index in [-0.39, 0.29) is 11.9 Å². The number of aromatic amines is 1. The van der Waals surface area contributed by atoms with Gasteiger partial charge in [0.05, 0.1) is 18.1 Å². The van der Waals surface area contributed by atoms with E-state index in [9.17, 15) is 4.79 Å². The van der Waals surface area contributed by atoms with Gasteiger partial charge in [-0.1, -0.05) is 18.2 Å². The van der Waals surface area contributed by atoms with Crippen LogP contribution in [0.1, 0.15) is 23.7 Å². The summed E-state index contributed by atoms with van der Waals surface area (Å²) in [6.45, 7) is 1.87. The van der Waals surface area contributed by atoms with Gasteiger partial charge in [-0.15, -0.1) is 0 Å². The van der Waals surface area contributed by atoms with E-state index in [4.69, 9.17) is 5.26 Å². The summed E-state index contributed by atoms with van der Waals surface area (Å²) in [7, 11) is 1.73. The van der Waals surface area contributed by atoms with Crippen molar-refractivity contribution in [3.05, 3.63) is 36.0 Å². The summed E-state index contributed by atoms with van der Waals surface area (Å²) in [5, 5.41) is 9.59. The number of nitrogens with one attached hydrogen (secondary N) is 1. The van der Waals surface area contributed by atoms with Gasteiger partial charge in [0.1, 0.15) is 0 Å². The van der Waals surface area contributed by atoms with Gasteiger partial charge in [0.2, 0.25) is 0 Å². The topological polar surface area (TPSA) is 59.9 Å². The zero-order chi connectivity index (χ0) is 13.1. The Hall–Kier alpha value is -2.28. The van der Waals surface area contributed by atoms with Crippen LogP contribution < -0.4 is 0 Å². The van der Waals surface area contributed by atoms with Crippen LogP contribution in [0.3, 0.4) is 0 Å². The number of rotatable bonds is 3. The highest BCUT2D eigenvalue weighted by Gasteiger charge is 2.19. The van der Waals surface area contributed by atoms with Gasteiger partial charge in [-0.2, -0.15) is 5.26 Å². The number of fused-ring (bicyclic) bond motifs is 1. The SMILES string of the molecule is CC(CC#N)N(C)C(=O)c1c[nH]c2ccccc12. The van der Waals surface area contributed by atoms with Gasteiger partial charge >= 0.3 is 0 Å². The van der Waals surface area contributed by atoms with Crippen LogP contribution in [0.5, 0.6) is 0 Å². The number of hydrogen-bond donors (Lipinski definition) is 1. The molecule has 92 valence electrons. The number of nitriles is 1. The minimum absolute atomic E-state index is 0.0600. The minimum atomic E-state index is -0.0869. The first kappa shape index (κ1) is 12.2. The quantitative estimate of drug-likeness (QED) is 0.897. The Bertz CT molecular complexity index is 609. The fraction of sp³-hybridized carbons (Fsp3) is 0.286. The third-order valence-electron chi connectivity index (χ3n) is 3.19. The van der Waals surface area contributed by atoms with Crippen LogP contribution in [0.2, 0.25) is 0 Å². The van der Waals surface area contributed by atoms with Crippen LogP contribution in [0, 0.1) is 11.3 Å². The van der Waals surface area contributed by atoms with Crippen LogP contribution in [-0.2, 0) is 0 Å². The predicted molar refractivity (Wildman–Crippen MR) is 70.1 cm³/mol. The molecule has 1 N–H and O–H groups in total. The fourth-order valence-corrected chi connectivity index (χ4v) is 1.91. The average molecular weight is 241 g/mol. The van der Waals surface area contributed by atoms with Gasteiger partial charge in [0.25, 0.3) is 5.91 Å². The number of nitrogens with zero attached hydrogens (tertiary/aromatic N) is 2. The standard InChI is InChI=1S/C14H15N3O/c1-10(7-8-15)17(2)14(18)12-9-16-13-6-4-3-5-11(12)13/h3-6,9-10,16H,7H2,1-2H3. The van der Waals surface area contributed by atoms with Crippen LogP contribution in [0.4, 0.5) is 0 Å². The summed E-state index contributed by atoms with van der Waals surface area (Å²) in [6, 6.07) is 9.69. The Morgan fingerprint density at radius 2 is 2.22 bits per heavy atom. The van der Waals surface area contributed by atoms with Crippen molar-refractivity contribution in [2.75, 3.05) is 7.05 Å². The molecule has 0 radical (unpaired) electrons. The molecule has 0 saturated carbocycles. The Balaban J connectivity index is 2.32. The van der Waals surface area contributed by atoms with Gasteiger partial charge in [0, 0.05) is 30.2 Å². The van der Waals surface area contributed by atoms with E-state index < -0.39 is 0 Å². The number of aromatic nitrogens is 1. The number of carbonyl (C=O) groups is 1. The second-order valence-electron chi connectivity index (χ2n) is 4.38. The first-order chi connectivity index (χ1) is 8.65. The Morgan fingerprint density at radius 3 is 2.94 bits per heavy atom. The molecule has 0 aliphatic heterocycles. The molecule has 18 heavy (non-hydrogen) atoms. The van der Waals surface area contributed by atoms with Crippen molar-refractivity contribution >= 4 is 16.8 Å². The second kappa shape index (κ2) is 4.92. The van der Waals surface area contributed by atoms with Crippen molar-refractivity contribution in [3.63, 3.8) is 0 Å². The lowest BCUT2D eigenvalue weighted by Crippen LogP contribution is -2.34.